The second-order valence-electron chi connectivity index (χ2n) is 4.41. The lowest BCUT2D eigenvalue weighted by Gasteiger charge is -2.10. The summed E-state index contributed by atoms with van der Waals surface area (Å²) < 4.78 is 28.1. The first kappa shape index (κ1) is 12.5. The topological polar surface area (TPSA) is 56.7 Å². The van der Waals surface area contributed by atoms with Crippen LogP contribution in [-0.2, 0) is 6.54 Å². The van der Waals surface area contributed by atoms with E-state index in [4.69, 9.17) is 5.73 Å². The van der Waals surface area contributed by atoms with Crippen LogP contribution in [0.2, 0.25) is 0 Å². The maximum absolute atomic E-state index is 13.5. The molecule has 2 rings (SSSR count). The highest BCUT2D eigenvalue weighted by Gasteiger charge is 2.15. The number of hydrogen-bond acceptors (Lipinski definition) is 3. The highest BCUT2D eigenvalue weighted by atomic mass is 19.1. The van der Waals surface area contributed by atoms with Crippen molar-refractivity contribution in [2.75, 3.05) is 5.73 Å². The van der Waals surface area contributed by atoms with Gasteiger partial charge in [0.25, 0.3) is 0 Å². The molecule has 0 unspecified atom stereocenters. The molecule has 0 radical (unpaired) electrons. The average molecular weight is 252 g/mol. The van der Waals surface area contributed by atoms with Crippen molar-refractivity contribution in [1.82, 2.24) is 15.0 Å². The predicted molar refractivity (Wildman–Crippen MR) is 64.0 cm³/mol. The van der Waals surface area contributed by atoms with E-state index in [2.05, 4.69) is 10.3 Å². The lowest BCUT2D eigenvalue weighted by molar-refractivity contribution is 0.546. The zero-order valence-electron chi connectivity index (χ0n) is 10.2. The molecular weight excluding hydrogens is 238 g/mol. The molecule has 6 heteroatoms. The first-order valence-corrected chi connectivity index (χ1v) is 5.62. The van der Waals surface area contributed by atoms with Crippen LogP contribution in [0.4, 0.5) is 14.6 Å². The fourth-order valence-electron chi connectivity index (χ4n) is 1.87. The van der Waals surface area contributed by atoms with Crippen LogP contribution in [0.5, 0.6) is 0 Å². The molecule has 1 heterocycles. The second kappa shape index (κ2) is 4.72. The SMILES string of the molecule is CC(C)c1c(N)nnn1Cc1cc(F)ccc1F. The third kappa shape index (κ3) is 2.32. The van der Waals surface area contributed by atoms with Gasteiger partial charge in [-0.3, -0.25) is 0 Å². The van der Waals surface area contributed by atoms with Crippen LogP contribution in [0.1, 0.15) is 31.0 Å². The quantitative estimate of drug-likeness (QED) is 0.912. The largest absolute Gasteiger partial charge is 0.381 e. The third-order valence-electron chi connectivity index (χ3n) is 2.68. The number of rotatable bonds is 3. The van der Waals surface area contributed by atoms with E-state index in [0.717, 1.165) is 23.9 Å². The summed E-state index contributed by atoms with van der Waals surface area (Å²) in [7, 11) is 0. The van der Waals surface area contributed by atoms with Gasteiger partial charge in [0.05, 0.1) is 12.2 Å². The molecule has 0 amide bonds. The summed E-state index contributed by atoms with van der Waals surface area (Å²) in [6.07, 6.45) is 0. The van der Waals surface area contributed by atoms with Crippen molar-refractivity contribution in [3.63, 3.8) is 0 Å². The number of hydrogen-bond donors (Lipinski definition) is 1. The molecule has 2 aromatic rings. The molecule has 0 fully saturated rings. The Morgan fingerprint density at radius 1 is 1.33 bits per heavy atom. The third-order valence-corrected chi connectivity index (χ3v) is 2.68. The highest BCUT2D eigenvalue weighted by molar-refractivity contribution is 5.35. The average Bonchev–Trinajstić information content (AvgIpc) is 2.65. The van der Waals surface area contributed by atoms with E-state index in [0.29, 0.717) is 5.82 Å². The van der Waals surface area contributed by atoms with Gasteiger partial charge in [-0.25, -0.2) is 13.5 Å². The lowest BCUT2D eigenvalue weighted by atomic mass is 10.1. The Hall–Kier alpha value is -1.98. The van der Waals surface area contributed by atoms with Crippen LogP contribution in [0.15, 0.2) is 18.2 Å². The molecule has 0 aliphatic carbocycles. The number of nitrogens with zero attached hydrogens (tertiary/aromatic N) is 3. The van der Waals surface area contributed by atoms with Gasteiger partial charge in [0.1, 0.15) is 11.6 Å². The van der Waals surface area contributed by atoms with Crippen LogP contribution in [0.25, 0.3) is 0 Å². The van der Waals surface area contributed by atoms with Crippen molar-refractivity contribution < 1.29 is 8.78 Å². The van der Waals surface area contributed by atoms with Crippen molar-refractivity contribution in [1.29, 1.82) is 0 Å². The monoisotopic (exact) mass is 252 g/mol. The van der Waals surface area contributed by atoms with E-state index in [9.17, 15) is 8.78 Å². The minimum absolute atomic E-state index is 0.108. The van der Waals surface area contributed by atoms with Crippen LogP contribution in [0.3, 0.4) is 0 Å². The summed E-state index contributed by atoms with van der Waals surface area (Å²) in [4.78, 5) is 0. The molecular formula is C12H14F2N4. The molecule has 2 N–H and O–H groups in total. The van der Waals surface area contributed by atoms with Crippen molar-refractivity contribution >= 4 is 5.82 Å². The van der Waals surface area contributed by atoms with E-state index in [1.54, 1.807) is 0 Å². The van der Waals surface area contributed by atoms with Gasteiger partial charge in [0.15, 0.2) is 5.82 Å². The fraction of sp³-hybridized carbons (Fsp3) is 0.333. The molecule has 4 nitrogen and oxygen atoms in total. The molecule has 18 heavy (non-hydrogen) atoms. The van der Waals surface area contributed by atoms with Gasteiger partial charge in [0, 0.05) is 5.56 Å². The number of halogens is 2. The standard InChI is InChI=1S/C12H14F2N4/c1-7(2)11-12(15)16-17-18(11)6-8-5-9(13)3-4-10(8)14/h3-5,7H,6,15H2,1-2H3. The van der Waals surface area contributed by atoms with Gasteiger partial charge in [0.2, 0.25) is 0 Å². The van der Waals surface area contributed by atoms with E-state index >= 15 is 0 Å². The second-order valence-corrected chi connectivity index (χ2v) is 4.41. The molecule has 0 saturated heterocycles. The molecule has 0 aliphatic heterocycles. The molecule has 0 bridgehead atoms. The summed E-state index contributed by atoms with van der Waals surface area (Å²) in [5.74, 6) is -0.524. The molecule has 0 saturated carbocycles. The first-order chi connectivity index (χ1) is 8.49. The Balaban J connectivity index is 2.37. The Kier molecular flexibility index (Phi) is 3.27. The van der Waals surface area contributed by atoms with Crippen LogP contribution in [-0.4, -0.2) is 15.0 Å². The van der Waals surface area contributed by atoms with Gasteiger partial charge in [-0.15, -0.1) is 5.10 Å². The first-order valence-electron chi connectivity index (χ1n) is 5.62. The van der Waals surface area contributed by atoms with Crippen LogP contribution in [0, 0.1) is 11.6 Å². The number of nitrogens with two attached hydrogens (primary N) is 1. The molecule has 0 spiro atoms. The lowest BCUT2D eigenvalue weighted by Crippen LogP contribution is -2.10. The molecule has 0 aliphatic rings. The zero-order chi connectivity index (χ0) is 13.3. The number of nitrogen functional groups attached to an aromatic ring is 1. The van der Waals surface area contributed by atoms with Crippen molar-refractivity contribution in [2.24, 2.45) is 0 Å². The van der Waals surface area contributed by atoms with Gasteiger partial charge in [-0.05, 0) is 24.1 Å². The highest BCUT2D eigenvalue weighted by Crippen LogP contribution is 2.21. The molecule has 1 aromatic carbocycles. The van der Waals surface area contributed by atoms with Crippen molar-refractivity contribution in [2.45, 2.75) is 26.3 Å². The number of anilines is 1. The maximum atomic E-state index is 13.5. The van der Waals surface area contributed by atoms with E-state index < -0.39 is 11.6 Å². The Bertz CT molecular complexity index is 563. The zero-order valence-corrected chi connectivity index (χ0v) is 10.2. The minimum atomic E-state index is -0.481. The van der Waals surface area contributed by atoms with Crippen molar-refractivity contribution in [3.05, 3.63) is 41.1 Å². The Morgan fingerprint density at radius 3 is 2.72 bits per heavy atom. The Morgan fingerprint density at radius 2 is 2.06 bits per heavy atom. The molecule has 1 aromatic heterocycles. The summed E-state index contributed by atoms with van der Waals surface area (Å²) in [5.41, 5.74) is 6.65. The van der Waals surface area contributed by atoms with E-state index in [1.807, 2.05) is 13.8 Å². The summed E-state index contributed by atoms with van der Waals surface area (Å²) in [6.45, 7) is 3.99. The smallest absolute Gasteiger partial charge is 0.169 e. The van der Waals surface area contributed by atoms with Crippen LogP contribution < -0.4 is 5.73 Å². The number of aromatic nitrogens is 3. The Labute approximate surface area is 103 Å². The summed E-state index contributed by atoms with van der Waals surface area (Å²) >= 11 is 0. The van der Waals surface area contributed by atoms with Crippen LogP contribution >= 0.6 is 0 Å². The van der Waals surface area contributed by atoms with E-state index in [-0.39, 0.29) is 18.0 Å². The van der Waals surface area contributed by atoms with Crippen molar-refractivity contribution in [3.8, 4) is 0 Å². The minimum Gasteiger partial charge on any atom is -0.381 e. The van der Waals surface area contributed by atoms with Gasteiger partial charge in [-0.1, -0.05) is 19.1 Å². The fourth-order valence-corrected chi connectivity index (χ4v) is 1.87. The van der Waals surface area contributed by atoms with Gasteiger partial charge >= 0.3 is 0 Å². The number of benzene rings is 1. The van der Waals surface area contributed by atoms with E-state index in [1.165, 1.54) is 4.68 Å². The summed E-state index contributed by atoms with van der Waals surface area (Å²) in [5, 5.41) is 7.62. The molecule has 96 valence electrons. The van der Waals surface area contributed by atoms with Gasteiger partial charge in [-0.2, -0.15) is 0 Å². The molecule has 0 atom stereocenters. The predicted octanol–water partition coefficient (Wildman–Crippen LogP) is 2.31. The maximum Gasteiger partial charge on any atom is 0.169 e. The summed E-state index contributed by atoms with van der Waals surface area (Å²) in [6, 6.07) is 3.33. The van der Waals surface area contributed by atoms with Gasteiger partial charge < -0.3 is 5.73 Å². The normalized spacial score (nSPS) is 11.2.